The maximum atomic E-state index is 11.0. The Morgan fingerprint density at radius 2 is 2.05 bits per heavy atom. The van der Waals surface area contributed by atoms with Crippen molar-refractivity contribution in [1.82, 2.24) is 5.32 Å². The Balaban J connectivity index is 2.72. The van der Waals surface area contributed by atoms with Crippen molar-refractivity contribution in [3.63, 3.8) is 0 Å². The van der Waals surface area contributed by atoms with E-state index >= 15 is 0 Å². The smallest absolute Gasteiger partial charge is 0.311 e. The van der Waals surface area contributed by atoms with E-state index in [0.29, 0.717) is 13.1 Å². The van der Waals surface area contributed by atoms with Crippen LogP contribution < -0.4 is 10.1 Å². The average molecular weight is 296 g/mol. The van der Waals surface area contributed by atoms with Gasteiger partial charge in [-0.15, -0.1) is 0 Å². The molecule has 0 aliphatic carbocycles. The summed E-state index contributed by atoms with van der Waals surface area (Å²) in [6.07, 6.45) is 1.77. The minimum atomic E-state index is -0.446. The molecular weight excluding hydrogens is 272 g/mol. The molecule has 0 atom stereocenters. The summed E-state index contributed by atoms with van der Waals surface area (Å²) in [5, 5.41) is 23.8. The molecule has 0 aromatic heterocycles. The van der Waals surface area contributed by atoms with Crippen LogP contribution in [0.1, 0.15) is 32.3 Å². The summed E-state index contributed by atoms with van der Waals surface area (Å²) in [7, 11) is 1.42. The molecule has 21 heavy (non-hydrogen) atoms. The van der Waals surface area contributed by atoms with Gasteiger partial charge in [-0.25, -0.2) is 0 Å². The van der Waals surface area contributed by atoms with Gasteiger partial charge in [0.15, 0.2) is 5.75 Å². The number of aliphatic hydroxyl groups is 1. The van der Waals surface area contributed by atoms with Crippen molar-refractivity contribution >= 4 is 5.69 Å². The first kappa shape index (κ1) is 17.4. The zero-order valence-corrected chi connectivity index (χ0v) is 12.9. The fourth-order valence-corrected chi connectivity index (χ4v) is 2.24. The number of aliphatic hydroxyl groups excluding tert-OH is 1. The molecule has 6 heteroatoms. The van der Waals surface area contributed by atoms with Gasteiger partial charge in [-0.05, 0) is 24.5 Å². The Bertz CT molecular complexity index is 464. The van der Waals surface area contributed by atoms with Gasteiger partial charge < -0.3 is 15.2 Å². The van der Waals surface area contributed by atoms with Gasteiger partial charge in [0.05, 0.1) is 12.0 Å². The van der Waals surface area contributed by atoms with Crippen LogP contribution in [-0.4, -0.2) is 30.3 Å². The van der Waals surface area contributed by atoms with Crippen molar-refractivity contribution in [2.75, 3.05) is 20.3 Å². The van der Waals surface area contributed by atoms with E-state index in [9.17, 15) is 15.2 Å². The summed E-state index contributed by atoms with van der Waals surface area (Å²) >= 11 is 0. The molecule has 0 spiro atoms. The van der Waals surface area contributed by atoms with E-state index < -0.39 is 4.92 Å². The quantitative estimate of drug-likeness (QED) is 0.540. The molecule has 0 aliphatic rings. The SMILES string of the molecule is CCC(CC)(CO)CNCc1ccc(OC)c([N+](=O)[O-])c1. The monoisotopic (exact) mass is 296 g/mol. The lowest BCUT2D eigenvalue weighted by atomic mass is 9.83. The minimum absolute atomic E-state index is 0.0313. The molecule has 0 unspecified atom stereocenters. The Kier molecular flexibility index (Phi) is 6.58. The number of nitrogens with zero attached hydrogens (tertiary/aromatic N) is 1. The predicted octanol–water partition coefficient (Wildman–Crippen LogP) is 2.49. The zero-order chi connectivity index (χ0) is 15.9. The number of nitrogens with one attached hydrogen (secondary N) is 1. The number of ether oxygens (including phenoxy) is 1. The van der Waals surface area contributed by atoms with E-state index in [2.05, 4.69) is 19.2 Å². The molecule has 1 aromatic rings. The average Bonchev–Trinajstić information content (AvgIpc) is 2.52. The van der Waals surface area contributed by atoms with Crippen molar-refractivity contribution < 1.29 is 14.8 Å². The Morgan fingerprint density at radius 1 is 1.38 bits per heavy atom. The Hall–Kier alpha value is -1.66. The van der Waals surface area contributed by atoms with Gasteiger partial charge in [0, 0.05) is 31.2 Å². The number of hydrogen-bond donors (Lipinski definition) is 2. The van der Waals surface area contributed by atoms with Crippen molar-refractivity contribution in [1.29, 1.82) is 0 Å². The van der Waals surface area contributed by atoms with Crippen LogP contribution in [0, 0.1) is 15.5 Å². The molecule has 0 fully saturated rings. The summed E-state index contributed by atoms with van der Waals surface area (Å²) < 4.78 is 4.98. The van der Waals surface area contributed by atoms with Gasteiger partial charge in [-0.3, -0.25) is 10.1 Å². The number of nitro groups is 1. The highest BCUT2D eigenvalue weighted by molar-refractivity contribution is 5.48. The fourth-order valence-electron chi connectivity index (χ4n) is 2.24. The molecule has 1 rings (SSSR count). The standard InChI is InChI=1S/C15H24N2O4/c1-4-15(5-2,11-18)10-16-9-12-6-7-14(21-3)13(8-12)17(19)20/h6-8,16,18H,4-5,9-11H2,1-3H3. The molecular formula is C15H24N2O4. The maximum Gasteiger partial charge on any atom is 0.311 e. The topological polar surface area (TPSA) is 84.6 Å². The van der Waals surface area contributed by atoms with Crippen LogP contribution in [0.25, 0.3) is 0 Å². The summed E-state index contributed by atoms with van der Waals surface area (Å²) in [6, 6.07) is 4.93. The van der Waals surface area contributed by atoms with Crippen LogP contribution in [-0.2, 0) is 6.54 Å². The molecule has 6 nitrogen and oxygen atoms in total. The van der Waals surface area contributed by atoms with Crippen molar-refractivity contribution in [2.24, 2.45) is 5.41 Å². The molecule has 1 aromatic carbocycles. The highest BCUT2D eigenvalue weighted by Crippen LogP contribution is 2.28. The largest absolute Gasteiger partial charge is 0.490 e. The normalized spacial score (nSPS) is 11.4. The van der Waals surface area contributed by atoms with Crippen LogP contribution in [0.15, 0.2) is 18.2 Å². The first-order valence-electron chi connectivity index (χ1n) is 7.14. The molecule has 0 amide bonds. The third kappa shape index (κ3) is 4.41. The molecule has 0 heterocycles. The highest BCUT2D eigenvalue weighted by Gasteiger charge is 2.24. The molecule has 2 N–H and O–H groups in total. The number of nitro benzene ring substituents is 1. The second-order valence-electron chi connectivity index (χ2n) is 5.23. The molecule has 0 saturated heterocycles. The Labute approximate surface area is 125 Å². The number of rotatable bonds is 9. The van der Waals surface area contributed by atoms with Crippen LogP contribution in [0.5, 0.6) is 5.75 Å². The second-order valence-corrected chi connectivity index (χ2v) is 5.23. The zero-order valence-electron chi connectivity index (χ0n) is 12.9. The van der Waals surface area contributed by atoms with Crippen molar-refractivity contribution in [2.45, 2.75) is 33.2 Å². The third-order valence-corrected chi connectivity index (χ3v) is 4.10. The molecule has 0 saturated carbocycles. The van der Waals surface area contributed by atoms with Crippen LogP contribution in [0.3, 0.4) is 0 Å². The highest BCUT2D eigenvalue weighted by atomic mass is 16.6. The molecule has 0 radical (unpaired) electrons. The van der Waals surface area contributed by atoms with Crippen LogP contribution >= 0.6 is 0 Å². The number of methoxy groups -OCH3 is 1. The van der Waals surface area contributed by atoms with Gasteiger partial charge in [-0.2, -0.15) is 0 Å². The van der Waals surface area contributed by atoms with Crippen LogP contribution in [0.2, 0.25) is 0 Å². The van der Waals surface area contributed by atoms with E-state index in [1.165, 1.54) is 13.2 Å². The van der Waals surface area contributed by atoms with E-state index in [1.54, 1.807) is 12.1 Å². The van der Waals surface area contributed by atoms with E-state index in [4.69, 9.17) is 4.74 Å². The summed E-state index contributed by atoms with van der Waals surface area (Å²) in [6.45, 7) is 5.44. The van der Waals surface area contributed by atoms with Gasteiger partial charge in [0.25, 0.3) is 0 Å². The van der Waals surface area contributed by atoms with Crippen LogP contribution in [0.4, 0.5) is 5.69 Å². The minimum Gasteiger partial charge on any atom is -0.490 e. The van der Waals surface area contributed by atoms with Gasteiger partial charge in [-0.1, -0.05) is 19.9 Å². The maximum absolute atomic E-state index is 11.0. The molecule has 0 aliphatic heterocycles. The summed E-state index contributed by atoms with van der Waals surface area (Å²) in [5.41, 5.74) is 0.663. The van der Waals surface area contributed by atoms with Gasteiger partial charge in [0.2, 0.25) is 0 Å². The lowest BCUT2D eigenvalue weighted by Gasteiger charge is -2.29. The van der Waals surface area contributed by atoms with E-state index in [1.807, 2.05) is 0 Å². The molecule has 118 valence electrons. The van der Waals surface area contributed by atoms with Gasteiger partial charge >= 0.3 is 5.69 Å². The van der Waals surface area contributed by atoms with Crippen molar-refractivity contribution in [3.8, 4) is 5.75 Å². The van der Waals surface area contributed by atoms with E-state index in [0.717, 1.165) is 18.4 Å². The lowest BCUT2D eigenvalue weighted by molar-refractivity contribution is -0.385. The fraction of sp³-hybridized carbons (Fsp3) is 0.600. The lowest BCUT2D eigenvalue weighted by Crippen LogP contribution is -2.36. The van der Waals surface area contributed by atoms with Gasteiger partial charge in [0.1, 0.15) is 0 Å². The Morgan fingerprint density at radius 3 is 2.52 bits per heavy atom. The molecule has 0 bridgehead atoms. The predicted molar refractivity (Wildman–Crippen MR) is 81.5 cm³/mol. The second kappa shape index (κ2) is 7.95. The number of hydrogen-bond acceptors (Lipinski definition) is 5. The summed E-state index contributed by atoms with van der Waals surface area (Å²) in [4.78, 5) is 10.5. The third-order valence-electron chi connectivity index (χ3n) is 4.10. The number of benzene rings is 1. The first-order chi connectivity index (χ1) is 10.0. The first-order valence-corrected chi connectivity index (χ1v) is 7.14. The van der Waals surface area contributed by atoms with Crippen molar-refractivity contribution in [3.05, 3.63) is 33.9 Å². The van der Waals surface area contributed by atoms with E-state index in [-0.39, 0.29) is 23.5 Å². The summed E-state index contributed by atoms with van der Waals surface area (Å²) in [5.74, 6) is 0.260.